The van der Waals surface area contributed by atoms with E-state index in [1.807, 2.05) is 32.0 Å². The summed E-state index contributed by atoms with van der Waals surface area (Å²) >= 11 is 27.5. The van der Waals surface area contributed by atoms with Crippen LogP contribution in [0.25, 0.3) is 0 Å². The minimum Gasteiger partial charge on any atom is -0.367 e. The van der Waals surface area contributed by atoms with Crippen LogP contribution in [0, 0.1) is 17.4 Å². The van der Waals surface area contributed by atoms with Gasteiger partial charge in [0.05, 0.1) is 25.0 Å². The van der Waals surface area contributed by atoms with Crippen molar-refractivity contribution in [3.8, 4) is 0 Å². The minimum absolute atomic E-state index is 0.406. The molecule has 0 bridgehead atoms. The maximum Gasteiger partial charge on any atom is 0.152 e. The van der Waals surface area contributed by atoms with Gasteiger partial charge in [0.15, 0.2) is 5.82 Å². The van der Waals surface area contributed by atoms with Crippen LogP contribution in [0.1, 0.15) is 76.2 Å². The molecule has 6 rings (SSSR count). The maximum absolute atomic E-state index is 6.49. The van der Waals surface area contributed by atoms with Gasteiger partial charge in [0.1, 0.15) is 29.1 Å². The van der Waals surface area contributed by atoms with Crippen molar-refractivity contribution < 1.29 is 0 Å². The summed E-state index contributed by atoms with van der Waals surface area (Å²) < 4.78 is 1.02. The first-order valence-corrected chi connectivity index (χ1v) is 19.5. The Morgan fingerprint density at radius 3 is 1.76 bits per heavy atom. The van der Waals surface area contributed by atoms with Crippen LogP contribution < -0.4 is 20.4 Å². The van der Waals surface area contributed by atoms with Gasteiger partial charge in [-0.15, -0.1) is 0 Å². The van der Waals surface area contributed by atoms with E-state index in [9.17, 15) is 0 Å². The van der Waals surface area contributed by atoms with Crippen LogP contribution in [-0.2, 0) is 12.8 Å². The van der Waals surface area contributed by atoms with Crippen molar-refractivity contribution in [1.82, 2.24) is 19.9 Å². The van der Waals surface area contributed by atoms with E-state index in [0.717, 1.165) is 101 Å². The Hall–Kier alpha value is -2.31. The van der Waals surface area contributed by atoms with Gasteiger partial charge < -0.3 is 20.4 Å². The SMILES string of the molecule is CCC(CC)Nc1cc(N2CCc3cc(Cl)cc(Cl)c32)nc(C)n1.CCC(CC)Nc1nc(C)nc(N2CCc3cc(Cl)cc(Cl)c32)c1I. The third-order valence-corrected chi connectivity index (χ3v) is 10.9. The summed E-state index contributed by atoms with van der Waals surface area (Å²) in [6.45, 7) is 14.3. The predicted molar refractivity (Wildman–Crippen MR) is 217 cm³/mol. The molecule has 0 radical (unpaired) electrons. The Morgan fingerprint density at radius 1 is 0.673 bits per heavy atom. The van der Waals surface area contributed by atoms with Gasteiger partial charge in [0.2, 0.25) is 0 Å². The molecule has 2 aromatic carbocycles. The van der Waals surface area contributed by atoms with E-state index < -0.39 is 0 Å². The second-order valence-corrected chi connectivity index (χ2v) is 15.1. The molecule has 0 fully saturated rings. The molecule has 0 atom stereocenters. The highest BCUT2D eigenvalue weighted by Gasteiger charge is 2.29. The lowest BCUT2D eigenvalue weighted by atomic mass is 10.1. The first-order valence-electron chi connectivity index (χ1n) is 16.9. The monoisotopic (exact) mass is 854 g/mol. The highest BCUT2D eigenvalue weighted by molar-refractivity contribution is 14.1. The first kappa shape index (κ1) is 37.9. The number of hydrogen-bond acceptors (Lipinski definition) is 8. The number of hydrogen-bond donors (Lipinski definition) is 2. The van der Waals surface area contributed by atoms with Crippen molar-refractivity contribution in [2.45, 2.75) is 92.2 Å². The Kier molecular flexibility index (Phi) is 13.0. The molecule has 2 aliphatic heterocycles. The largest absolute Gasteiger partial charge is 0.367 e. The number of rotatable bonds is 10. The molecule has 2 aromatic heterocycles. The third-order valence-electron chi connectivity index (χ3n) is 8.93. The quantitative estimate of drug-likeness (QED) is 0.153. The number of aryl methyl sites for hydroxylation is 2. The number of fused-ring (bicyclic) bond motifs is 2. The molecule has 13 heteroatoms. The van der Waals surface area contributed by atoms with Gasteiger partial charge in [-0.05, 0) is 110 Å². The van der Waals surface area contributed by atoms with Gasteiger partial charge in [0.25, 0.3) is 0 Å². The summed E-state index contributed by atoms with van der Waals surface area (Å²) in [6, 6.07) is 10.4. The molecule has 0 unspecified atom stereocenters. The lowest BCUT2D eigenvalue weighted by Gasteiger charge is -2.24. The van der Waals surface area contributed by atoms with E-state index in [2.05, 4.69) is 85.7 Å². The van der Waals surface area contributed by atoms with Crippen LogP contribution in [0.3, 0.4) is 0 Å². The first-order chi connectivity index (χ1) is 23.5. The van der Waals surface area contributed by atoms with E-state index in [1.165, 1.54) is 11.1 Å². The summed E-state index contributed by atoms with van der Waals surface area (Å²) in [5.41, 5.74) is 4.35. The van der Waals surface area contributed by atoms with Crippen molar-refractivity contribution in [2.24, 2.45) is 0 Å². The molecule has 49 heavy (non-hydrogen) atoms. The molecule has 0 aliphatic carbocycles. The summed E-state index contributed by atoms with van der Waals surface area (Å²) in [6.07, 6.45) is 6.05. The number of benzene rings is 2. The van der Waals surface area contributed by atoms with Crippen molar-refractivity contribution in [3.63, 3.8) is 0 Å². The lowest BCUT2D eigenvalue weighted by Crippen LogP contribution is -2.22. The van der Waals surface area contributed by atoms with Crippen LogP contribution in [0.5, 0.6) is 0 Å². The predicted octanol–water partition coefficient (Wildman–Crippen LogP) is 11.4. The van der Waals surface area contributed by atoms with Gasteiger partial charge in [-0.2, -0.15) is 0 Å². The summed E-state index contributed by atoms with van der Waals surface area (Å²) in [7, 11) is 0. The van der Waals surface area contributed by atoms with Crippen molar-refractivity contribution in [1.29, 1.82) is 0 Å². The fourth-order valence-electron chi connectivity index (χ4n) is 6.32. The van der Waals surface area contributed by atoms with E-state index in [1.54, 1.807) is 12.1 Å². The number of aromatic nitrogens is 4. The second-order valence-electron chi connectivity index (χ2n) is 12.3. The summed E-state index contributed by atoms with van der Waals surface area (Å²) in [5, 5.41) is 9.75. The number of anilines is 6. The van der Waals surface area contributed by atoms with Crippen LogP contribution in [0.15, 0.2) is 30.3 Å². The highest BCUT2D eigenvalue weighted by Crippen LogP contribution is 2.44. The third kappa shape index (κ3) is 8.78. The van der Waals surface area contributed by atoms with Gasteiger partial charge in [-0.25, -0.2) is 19.9 Å². The number of nitrogens with one attached hydrogen (secondary N) is 2. The minimum atomic E-state index is 0.406. The Labute approximate surface area is 323 Å². The molecule has 0 saturated heterocycles. The van der Waals surface area contributed by atoms with Crippen LogP contribution >= 0.6 is 69.0 Å². The van der Waals surface area contributed by atoms with E-state index in [4.69, 9.17) is 51.4 Å². The number of halogens is 5. The van der Waals surface area contributed by atoms with Crippen molar-refractivity contribution >= 4 is 104 Å². The second kappa shape index (κ2) is 16.8. The zero-order valence-electron chi connectivity index (χ0n) is 28.8. The normalized spacial score (nSPS) is 13.5. The maximum atomic E-state index is 6.49. The van der Waals surface area contributed by atoms with E-state index in [-0.39, 0.29) is 0 Å². The van der Waals surface area contributed by atoms with Crippen LogP contribution in [0.4, 0.5) is 34.6 Å². The molecular weight excluding hydrogens is 813 g/mol. The molecule has 4 heterocycles. The smallest absolute Gasteiger partial charge is 0.152 e. The highest BCUT2D eigenvalue weighted by atomic mass is 127. The standard InChI is InChI=1S/C18H21Cl2IN4.C18H22Cl2N4/c1-4-13(5-2)24-17-15(21)18(23-10(3)22-17)25-7-6-11-8-12(19)9-14(20)16(11)25;1-4-14(5-2)23-16-10-17(22-11(3)21-16)24-7-6-12-8-13(19)9-15(20)18(12)24/h8-9,13H,4-7H2,1-3H3,(H,22,23,24);8-10,14H,4-7H2,1-3H3,(H,21,22,23). The van der Waals surface area contributed by atoms with Gasteiger partial charge in [-0.3, -0.25) is 0 Å². The summed E-state index contributed by atoms with van der Waals surface area (Å²) in [5.74, 6) is 5.05. The Balaban J connectivity index is 0.000000191. The van der Waals surface area contributed by atoms with Crippen LogP contribution in [0.2, 0.25) is 20.1 Å². The van der Waals surface area contributed by atoms with E-state index in [0.29, 0.717) is 32.2 Å². The molecule has 4 aromatic rings. The molecule has 0 spiro atoms. The Bertz CT molecular complexity index is 1800. The zero-order valence-corrected chi connectivity index (χ0v) is 34.0. The Morgan fingerprint density at radius 2 is 1.18 bits per heavy atom. The zero-order chi connectivity index (χ0) is 35.4. The average Bonchev–Trinajstić information content (AvgIpc) is 3.69. The fraction of sp³-hybridized carbons (Fsp3) is 0.444. The van der Waals surface area contributed by atoms with Gasteiger partial charge >= 0.3 is 0 Å². The average molecular weight is 857 g/mol. The van der Waals surface area contributed by atoms with E-state index >= 15 is 0 Å². The van der Waals surface area contributed by atoms with Crippen molar-refractivity contribution in [2.75, 3.05) is 33.5 Å². The molecule has 2 N–H and O–H groups in total. The topological polar surface area (TPSA) is 82.1 Å². The molecule has 0 amide bonds. The van der Waals surface area contributed by atoms with Gasteiger partial charge in [0, 0.05) is 41.3 Å². The molecule has 8 nitrogen and oxygen atoms in total. The fourth-order valence-corrected chi connectivity index (χ4v) is 8.29. The summed E-state index contributed by atoms with van der Waals surface area (Å²) in [4.78, 5) is 22.8. The van der Waals surface area contributed by atoms with Crippen LogP contribution in [-0.4, -0.2) is 45.1 Å². The molecule has 262 valence electrons. The molecule has 2 aliphatic rings. The van der Waals surface area contributed by atoms with Gasteiger partial charge in [-0.1, -0.05) is 74.1 Å². The lowest BCUT2D eigenvalue weighted by molar-refractivity contribution is 0.667. The van der Waals surface area contributed by atoms with Crippen molar-refractivity contribution in [3.05, 3.63) is 76.8 Å². The number of nitrogens with zero attached hydrogens (tertiary/aromatic N) is 6. The molecular formula is C36H43Cl4IN8. The molecule has 0 saturated carbocycles.